The van der Waals surface area contributed by atoms with Crippen LogP contribution in [0.5, 0.6) is 0 Å². The summed E-state index contributed by atoms with van der Waals surface area (Å²) in [7, 11) is 0. The van der Waals surface area contributed by atoms with Gasteiger partial charge in [0, 0.05) is 0 Å². The maximum atomic E-state index is 9.25. The van der Waals surface area contributed by atoms with Crippen LogP contribution in [0.1, 0.15) is 6.92 Å². The fraction of sp³-hybridized carbons (Fsp3) is 0.400. The molecular formula is C10H14O2. The SMILES string of the molecule is C=C[C@@H](O)[C@@H](C=C)OCC#CC. The fourth-order valence-corrected chi connectivity index (χ4v) is 0.650. The molecule has 0 saturated carbocycles. The quantitative estimate of drug-likeness (QED) is 0.490. The van der Waals surface area contributed by atoms with Gasteiger partial charge in [-0.1, -0.05) is 18.1 Å². The third-order valence-electron chi connectivity index (χ3n) is 1.34. The number of aliphatic hydroxyl groups excluding tert-OH is 1. The Morgan fingerprint density at radius 1 is 1.50 bits per heavy atom. The number of hydrogen-bond acceptors (Lipinski definition) is 2. The molecule has 66 valence electrons. The fourth-order valence-electron chi connectivity index (χ4n) is 0.650. The van der Waals surface area contributed by atoms with E-state index in [0.29, 0.717) is 6.61 Å². The lowest BCUT2D eigenvalue weighted by atomic mass is 10.2. The molecule has 0 aliphatic heterocycles. The molecule has 2 atom stereocenters. The van der Waals surface area contributed by atoms with Gasteiger partial charge in [-0.2, -0.15) is 0 Å². The minimum atomic E-state index is -0.707. The molecule has 0 radical (unpaired) electrons. The second-order valence-electron chi connectivity index (χ2n) is 2.16. The molecule has 0 saturated heterocycles. The summed E-state index contributed by atoms with van der Waals surface area (Å²) in [4.78, 5) is 0. The molecule has 2 nitrogen and oxygen atoms in total. The van der Waals surface area contributed by atoms with Crippen molar-refractivity contribution < 1.29 is 9.84 Å². The van der Waals surface area contributed by atoms with Crippen LogP contribution in [0.15, 0.2) is 25.3 Å². The van der Waals surface area contributed by atoms with Crippen molar-refractivity contribution in [1.82, 2.24) is 0 Å². The van der Waals surface area contributed by atoms with Gasteiger partial charge in [0.25, 0.3) is 0 Å². The molecule has 0 heterocycles. The molecule has 2 heteroatoms. The summed E-state index contributed by atoms with van der Waals surface area (Å²) < 4.78 is 5.17. The molecule has 0 fully saturated rings. The predicted octanol–water partition coefficient (Wildman–Crippen LogP) is 1.13. The largest absolute Gasteiger partial charge is 0.386 e. The Bertz CT molecular complexity index is 198. The maximum Gasteiger partial charge on any atom is 0.108 e. The molecule has 0 aromatic rings. The molecule has 0 spiro atoms. The van der Waals surface area contributed by atoms with Crippen molar-refractivity contribution in [3.63, 3.8) is 0 Å². The topological polar surface area (TPSA) is 29.5 Å². The van der Waals surface area contributed by atoms with Gasteiger partial charge < -0.3 is 9.84 Å². The van der Waals surface area contributed by atoms with Gasteiger partial charge in [0.05, 0.1) is 0 Å². The van der Waals surface area contributed by atoms with Crippen LogP contribution in [0.3, 0.4) is 0 Å². The van der Waals surface area contributed by atoms with Gasteiger partial charge in [0.15, 0.2) is 0 Å². The average Bonchev–Trinajstić information content (AvgIpc) is 2.11. The Morgan fingerprint density at radius 2 is 2.17 bits per heavy atom. The molecule has 1 N–H and O–H groups in total. The van der Waals surface area contributed by atoms with Crippen LogP contribution in [0.25, 0.3) is 0 Å². The first-order valence-electron chi connectivity index (χ1n) is 3.70. The number of hydrogen-bond donors (Lipinski definition) is 1. The van der Waals surface area contributed by atoms with Crippen molar-refractivity contribution in [3.05, 3.63) is 25.3 Å². The average molecular weight is 166 g/mol. The molecule has 0 aliphatic carbocycles. The molecule has 0 bridgehead atoms. The third kappa shape index (κ3) is 3.97. The van der Waals surface area contributed by atoms with E-state index < -0.39 is 12.2 Å². The third-order valence-corrected chi connectivity index (χ3v) is 1.34. The molecule has 0 aromatic carbocycles. The van der Waals surface area contributed by atoms with Crippen LogP contribution < -0.4 is 0 Å². The van der Waals surface area contributed by atoms with Gasteiger partial charge in [-0.05, 0) is 6.92 Å². The zero-order chi connectivity index (χ0) is 9.40. The predicted molar refractivity (Wildman–Crippen MR) is 49.6 cm³/mol. The number of ether oxygens (including phenoxy) is 1. The number of rotatable bonds is 5. The van der Waals surface area contributed by atoms with Gasteiger partial charge >= 0.3 is 0 Å². The Labute approximate surface area is 73.6 Å². The van der Waals surface area contributed by atoms with Crippen LogP contribution >= 0.6 is 0 Å². The van der Waals surface area contributed by atoms with Crippen molar-refractivity contribution in [2.45, 2.75) is 19.1 Å². The van der Waals surface area contributed by atoms with E-state index in [1.807, 2.05) is 0 Å². The molecule has 0 amide bonds. The summed E-state index contributed by atoms with van der Waals surface area (Å²) in [6.45, 7) is 9.01. The lowest BCUT2D eigenvalue weighted by molar-refractivity contribution is 0.0278. The minimum absolute atomic E-state index is 0.304. The second kappa shape index (κ2) is 6.66. The van der Waals surface area contributed by atoms with E-state index >= 15 is 0 Å². The second-order valence-corrected chi connectivity index (χ2v) is 2.16. The molecule has 0 unspecified atom stereocenters. The zero-order valence-electron chi connectivity index (χ0n) is 7.29. The molecule has 0 aromatic heterocycles. The van der Waals surface area contributed by atoms with Gasteiger partial charge in [0.2, 0.25) is 0 Å². The summed E-state index contributed by atoms with van der Waals surface area (Å²) in [5.41, 5.74) is 0. The molecule has 0 rings (SSSR count). The maximum absolute atomic E-state index is 9.25. The first kappa shape index (κ1) is 11.0. The van der Waals surface area contributed by atoms with Crippen molar-refractivity contribution in [2.24, 2.45) is 0 Å². The summed E-state index contributed by atoms with van der Waals surface area (Å²) in [5.74, 6) is 5.41. The number of aliphatic hydroxyl groups is 1. The van der Waals surface area contributed by atoms with E-state index in [9.17, 15) is 5.11 Å². The van der Waals surface area contributed by atoms with Gasteiger partial charge in [-0.25, -0.2) is 0 Å². The smallest absolute Gasteiger partial charge is 0.108 e. The first-order valence-corrected chi connectivity index (χ1v) is 3.70. The van der Waals surface area contributed by atoms with Crippen molar-refractivity contribution in [2.75, 3.05) is 6.61 Å². The van der Waals surface area contributed by atoms with Crippen molar-refractivity contribution >= 4 is 0 Å². The van der Waals surface area contributed by atoms with Crippen LogP contribution in [0.2, 0.25) is 0 Å². The Kier molecular flexibility index (Phi) is 6.08. The highest BCUT2D eigenvalue weighted by Crippen LogP contribution is 2.00. The Morgan fingerprint density at radius 3 is 2.58 bits per heavy atom. The molecule has 0 aliphatic rings. The zero-order valence-corrected chi connectivity index (χ0v) is 7.29. The van der Waals surface area contributed by atoms with Crippen molar-refractivity contribution in [3.8, 4) is 11.8 Å². The summed E-state index contributed by atoms with van der Waals surface area (Å²) in [6, 6.07) is 0. The standard InChI is InChI=1S/C10H14O2/c1-4-7-8-12-10(6-3)9(11)5-2/h5-6,9-11H,2-3,8H2,1H3/t9-,10-/m1/s1. The van der Waals surface area contributed by atoms with Gasteiger partial charge in [0.1, 0.15) is 18.8 Å². The van der Waals surface area contributed by atoms with E-state index in [4.69, 9.17) is 4.74 Å². The highest BCUT2D eigenvalue weighted by Gasteiger charge is 2.11. The minimum Gasteiger partial charge on any atom is -0.386 e. The summed E-state index contributed by atoms with van der Waals surface area (Å²) in [6.07, 6.45) is 1.82. The van der Waals surface area contributed by atoms with Crippen LogP contribution in [-0.4, -0.2) is 23.9 Å². The molecular weight excluding hydrogens is 152 g/mol. The van der Waals surface area contributed by atoms with E-state index in [-0.39, 0.29) is 0 Å². The highest BCUT2D eigenvalue weighted by molar-refractivity contribution is 4.99. The van der Waals surface area contributed by atoms with Crippen LogP contribution in [-0.2, 0) is 4.74 Å². The monoisotopic (exact) mass is 166 g/mol. The lowest BCUT2D eigenvalue weighted by Gasteiger charge is -2.15. The van der Waals surface area contributed by atoms with Crippen LogP contribution in [0.4, 0.5) is 0 Å². The Balaban J connectivity index is 3.87. The lowest BCUT2D eigenvalue weighted by Crippen LogP contribution is -2.24. The highest BCUT2D eigenvalue weighted by atomic mass is 16.5. The summed E-state index contributed by atoms with van der Waals surface area (Å²) >= 11 is 0. The summed E-state index contributed by atoms with van der Waals surface area (Å²) in [5, 5.41) is 9.25. The van der Waals surface area contributed by atoms with E-state index in [1.54, 1.807) is 6.92 Å². The first-order chi connectivity index (χ1) is 5.76. The molecule has 12 heavy (non-hydrogen) atoms. The van der Waals surface area contributed by atoms with E-state index in [1.165, 1.54) is 12.2 Å². The van der Waals surface area contributed by atoms with Gasteiger partial charge in [-0.15, -0.1) is 19.1 Å². The van der Waals surface area contributed by atoms with E-state index in [2.05, 4.69) is 25.0 Å². The van der Waals surface area contributed by atoms with Crippen LogP contribution in [0, 0.1) is 11.8 Å². The van der Waals surface area contributed by atoms with Crippen molar-refractivity contribution in [1.29, 1.82) is 0 Å². The normalized spacial score (nSPS) is 13.8. The Hall–Kier alpha value is -1.04. The van der Waals surface area contributed by atoms with E-state index in [0.717, 1.165) is 0 Å². The van der Waals surface area contributed by atoms with Gasteiger partial charge in [-0.3, -0.25) is 0 Å².